The number of rotatable bonds is 0. The molecule has 0 bridgehead atoms. The minimum Gasteiger partial charge on any atom is -0.748 e. The monoisotopic (exact) mass is 325 g/mol. The molecule has 0 fully saturated rings. The van der Waals surface area contributed by atoms with Crippen LogP contribution in [0.3, 0.4) is 0 Å². The molecular formula is C15H19MoN2-7. The molecule has 0 spiro atoms. The zero-order chi connectivity index (χ0) is 12.3. The maximum Gasteiger partial charge on any atom is 0 e. The molecule has 1 heterocycles. The SMILES string of the molecule is CN1C=CN(C)[CH-]1.[Mo].[cH-]1[cH-][cH-][cH-][cH-]1.c1cc[cH-]c1. The molecule has 2 aromatic carbocycles. The van der Waals surface area contributed by atoms with Crippen LogP contribution in [-0.4, -0.2) is 23.9 Å². The molecule has 0 saturated carbocycles. The Bertz CT molecular complexity index is 294. The van der Waals surface area contributed by atoms with E-state index in [0.29, 0.717) is 0 Å². The van der Waals surface area contributed by atoms with Gasteiger partial charge in [-0.05, 0) is 26.5 Å². The van der Waals surface area contributed by atoms with Crippen LogP contribution in [0.4, 0.5) is 0 Å². The molecule has 2 nitrogen and oxygen atoms in total. The van der Waals surface area contributed by atoms with Gasteiger partial charge in [0, 0.05) is 21.1 Å². The zero-order valence-electron chi connectivity index (χ0n) is 10.8. The van der Waals surface area contributed by atoms with Crippen LogP contribution in [-0.2, 0) is 21.1 Å². The summed E-state index contributed by atoms with van der Waals surface area (Å²) in [6, 6.07) is 20.0. The van der Waals surface area contributed by atoms with Gasteiger partial charge in [-0.3, -0.25) is 0 Å². The van der Waals surface area contributed by atoms with Gasteiger partial charge in [-0.15, -0.1) is 0 Å². The van der Waals surface area contributed by atoms with Gasteiger partial charge in [0.05, 0.1) is 0 Å². The van der Waals surface area contributed by atoms with E-state index in [0.717, 1.165) is 0 Å². The van der Waals surface area contributed by atoms with Gasteiger partial charge in [0.2, 0.25) is 0 Å². The Balaban J connectivity index is 0.000000239. The molecule has 102 valence electrons. The minimum absolute atomic E-state index is 0. The van der Waals surface area contributed by atoms with Crippen LogP contribution in [0, 0.1) is 6.67 Å². The Morgan fingerprint density at radius 2 is 1.11 bits per heavy atom. The molecule has 0 N–H and O–H groups in total. The summed E-state index contributed by atoms with van der Waals surface area (Å²) in [5, 5.41) is 0. The first-order valence-corrected chi connectivity index (χ1v) is 5.59. The van der Waals surface area contributed by atoms with Crippen LogP contribution in [0.2, 0.25) is 0 Å². The quantitative estimate of drug-likeness (QED) is 0.542. The van der Waals surface area contributed by atoms with Crippen LogP contribution in [0.25, 0.3) is 0 Å². The van der Waals surface area contributed by atoms with E-state index in [1.807, 2.05) is 104 Å². The van der Waals surface area contributed by atoms with Crippen molar-refractivity contribution in [1.82, 2.24) is 9.80 Å². The minimum atomic E-state index is 0. The van der Waals surface area contributed by atoms with Crippen molar-refractivity contribution < 1.29 is 21.1 Å². The maximum absolute atomic E-state index is 2.00. The predicted octanol–water partition coefficient (Wildman–Crippen LogP) is 3.26. The molecule has 0 radical (unpaired) electrons. The molecule has 0 unspecified atom stereocenters. The Morgan fingerprint density at radius 1 is 0.722 bits per heavy atom. The van der Waals surface area contributed by atoms with E-state index in [1.54, 1.807) is 0 Å². The molecule has 18 heavy (non-hydrogen) atoms. The Morgan fingerprint density at radius 3 is 1.28 bits per heavy atom. The van der Waals surface area contributed by atoms with Crippen molar-refractivity contribution in [1.29, 1.82) is 0 Å². The predicted molar refractivity (Wildman–Crippen MR) is 73.0 cm³/mol. The summed E-state index contributed by atoms with van der Waals surface area (Å²) in [5.41, 5.74) is 0. The number of nitrogens with zero attached hydrogens (tertiary/aromatic N) is 2. The molecule has 2 aromatic rings. The van der Waals surface area contributed by atoms with Gasteiger partial charge in [-0.2, -0.15) is 24.9 Å². The molecule has 0 amide bonds. The van der Waals surface area contributed by atoms with Gasteiger partial charge in [0.15, 0.2) is 0 Å². The van der Waals surface area contributed by atoms with Gasteiger partial charge < -0.3 is 40.1 Å². The molecule has 0 atom stereocenters. The van der Waals surface area contributed by atoms with Crippen molar-refractivity contribution in [3.8, 4) is 0 Å². The molecule has 1 aliphatic rings. The van der Waals surface area contributed by atoms with Crippen molar-refractivity contribution in [2.75, 3.05) is 14.1 Å². The Kier molecular flexibility index (Phi) is 10.1. The van der Waals surface area contributed by atoms with Gasteiger partial charge in [-0.25, -0.2) is 12.1 Å². The standard InChI is InChI=1S/C5H9N2.2C5H5.Mo/c1-6-3-4-7(2)5-6;2*1-2-4-5-3-1;/h3-5H,1-2H3;2*1-5H;/q-1;-5;-1;. The summed E-state index contributed by atoms with van der Waals surface area (Å²) in [4.78, 5) is 4.00. The van der Waals surface area contributed by atoms with Crippen LogP contribution in [0.1, 0.15) is 0 Å². The van der Waals surface area contributed by atoms with E-state index in [1.165, 1.54) is 0 Å². The average Bonchev–Trinajstić information content (AvgIpc) is 3.03. The first kappa shape index (κ1) is 16.7. The van der Waals surface area contributed by atoms with E-state index in [-0.39, 0.29) is 21.1 Å². The third kappa shape index (κ3) is 8.83. The van der Waals surface area contributed by atoms with E-state index >= 15 is 0 Å². The summed E-state index contributed by atoms with van der Waals surface area (Å²) >= 11 is 0. The van der Waals surface area contributed by atoms with Gasteiger partial charge in [0.1, 0.15) is 0 Å². The Hall–Kier alpha value is -1.27. The van der Waals surface area contributed by atoms with Crippen LogP contribution < -0.4 is 0 Å². The molecule has 0 saturated heterocycles. The van der Waals surface area contributed by atoms with Crippen molar-refractivity contribution >= 4 is 0 Å². The Labute approximate surface area is 125 Å². The molecule has 0 aliphatic carbocycles. The third-order valence-electron chi connectivity index (χ3n) is 2.01. The van der Waals surface area contributed by atoms with E-state index in [4.69, 9.17) is 0 Å². The molecule has 0 aromatic heterocycles. The summed E-state index contributed by atoms with van der Waals surface area (Å²) in [5.74, 6) is 0. The second-order valence-electron chi connectivity index (χ2n) is 3.67. The largest absolute Gasteiger partial charge is 0.748 e. The van der Waals surface area contributed by atoms with Crippen molar-refractivity contribution in [2.45, 2.75) is 0 Å². The first-order valence-electron chi connectivity index (χ1n) is 5.59. The van der Waals surface area contributed by atoms with E-state index in [9.17, 15) is 0 Å². The summed E-state index contributed by atoms with van der Waals surface area (Å²) in [6.45, 7) is 2.00. The van der Waals surface area contributed by atoms with Gasteiger partial charge in [0.25, 0.3) is 0 Å². The van der Waals surface area contributed by atoms with E-state index < -0.39 is 0 Å². The second-order valence-corrected chi connectivity index (χ2v) is 3.67. The van der Waals surface area contributed by atoms with Gasteiger partial charge in [-0.1, -0.05) is 0 Å². The molecule has 3 heteroatoms. The fraction of sp³-hybridized carbons (Fsp3) is 0.133. The van der Waals surface area contributed by atoms with Crippen molar-refractivity contribution in [3.05, 3.63) is 79.7 Å². The molecular weight excluding hydrogens is 304 g/mol. The fourth-order valence-electron chi connectivity index (χ4n) is 1.22. The molecule has 3 rings (SSSR count). The third-order valence-corrected chi connectivity index (χ3v) is 2.01. The maximum atomic E-state index is 2.00. The van der Waals surface area contributed by atoms with E-state index in [2.05, 4.69) is 0 Å². The summed E-state index contributed by atoms with van der Waals surface area (Å²) in [6.07, 6.45) is 4.00. The molecule has 1 aliphatic heterocycles. The normalized spacial score (nSPS) is 11.9. The van der Waals surface area contributed by atoms with Crippen LogP contribution in [0.5, 0.6) is 0 Å². The smallest absolute Gasteiger partial charge is 0 e. The average molecular weight is 323 g/mol. The van der Waals surface area contributed by atoms with Crippen molar-refractivity contribution in [2.24, 2.45) is 0 Å². The number of hydrogen-bond donors (Lipinski definition) is 0. The zero-order valence-corrected chi connectivity index (χ0v) is 12.8. The fourth-order valence-corrected chi connectivity index (χ4v) is 1.22. The summed E-state index contributed by atoms with van der Waals surface area (Å²) in [7, 11) is 4.00. The summed E-state index contributed by atoms with van der Waals surface area (Å²) < 4.78 is 0. The van der Waals surface area contributed by atoms with Gasteiger partial charge >= 0.3 is 0 Å². The van der Waals surface area contributed by atoms with Crippen molar-refractivity contribution in [3.63, 3.8) is 0 Å². The topological polar surface area (TPSA) is 6.48 Å². The van der Waals surface area contributed by atoms with Crippen LogP contribution in [0.15, 0.2) is 73.1 Å². The van der Waals surface area contributed by atoms with Crippen LogP contribution >= 0.6 is 0 Å². The second kappa shape index (κ2) is 10.9. The first-order chi connectivity index (χ1) is 8.29. The number of hydrogen-bond acceptors (Lipinski definition) is 2.